The largest absolute Gasteiger partial charge is 0.219 e. The van der Waals surface area contributed by atoms with Crippen LogP contribution in [0.5, 0.6) is 0 Å². The second-order valence-corrected chi connectivity index (χ2v) is 7.47. The Labute approximate surface area is 137 Å². The molecule has 0 radical (unpaired) electrons. The van der Waals surface area contributed by atoms with Crippen molar-refractivity contribution in [3.63, 3.8) is 0 Å². The summed E-state index contributed by atoms with van der Waals surface area (Å²) in [5.41, 5.74) is 2.31. The summed E-state index contributed by atoms with van der Waals surface area (Å²) in [5, 5.41) is 0. The van der Waals surface area contributed by atoms with E-state index in [0.29, 0.717) is 9.79 Å². The zero-order valence-electron chi connectivity index (χ0n) is 12.9. The van der Waals surface area contributed by atoms with Gasteiger partial charge >= 0.3 is 0 Å². The molecule has 0 N–H and O–H groups in total. The first kappa shape index (κ1) is 15.5. The van der Waals surface area contributed by atoms with Crippen molar-refractivity contribution in [3.05, 3.63) is 96.1 Å². The monoisotopic (exact) mass is 322 g/mol. The van der Waals surface area contributed by atoms with E-state index in [-0.39, 0.29) is 5.92 Å². The van der Waals surface area contributed by atoms with Gasteiger partial charge in [-0.1, -0.05) is 67.6 Å². The van der Waals surface area contributed by atoms with Gasteiger partial charge in [0.25, 0.3) is 0 Å². The molecule has 0 spiro atoms. The van der Waals surface area contributed by atoms with Crippen LogP contribution in [0.4, 0.5) is 0 Å². The van der Waals surface area contributed by atoms with E-state index < -0.39 is 9.84 Å². The van der Waals surface area contributed by atoms with Crippen LogP contribution in [0.2, 0.25) is 0 Å². The summed E-state index contributed by atoms with van der Waals surface area (Å²) in [6.07, 6.45) is 0. The van der Waals surface area contributed by atoms with Crippen LogP contribution in [0.25, 0.3) is 0 Å². The van der Waals surface area contributed by atoms with Gasteiger partial charge in [-0.05, 0) is 35.4 Å². The Hall–Kier alpha value is -2.39. The Morgan fingerprint density at radius 2 is 1.04 bits per heavy atom. The van der Waals surface area contributed by atoms with Crippen LogP contribution in [0.15, 0.2) is 94.7 Å². The second kappa shape index (κ2) is 6.39. The van der Waals surface area contributed by atoms with Crippen molar-refractivity contribution >= 4 is 9.84 Å². The first-order chi connectivity index (χ1) is 11.1. The summed E-state index contributed by atoms with van der Waals surface area (Å²) in [6, 6.07) is 25.9. The van der Waals surface area contributed by atoms with Crippen LogP contribution in [-0.4, -0.2) is 8.42 Å². The molecular weight excluding hydrogens is 304 g/mol. The molecule has 0 heterocycles. The van der Waals surface area contributed by atoms with Gasteiger partial charge < -0.3 is 0 Å². The molecule has 3 aromatic carbocycles. The molecule has 2 nitrogen and oxygen atoms in total. The summed E-state index contributed by atoms with van der Waals surface area (Å²) < 4.78 is 25.2. The van der Waals surface area contributed by atoms with Crippen molar-refractivity contribution < 1.29 is 8.42 Å². The van der Waals surface area contributed by atoms with Gasteiger partial charge in [0.05, 0.1) is 9.79 Å². The van der Waals surface area contributed by atoms with Crippen molar-refractivity contribution in [3.8, 4) is 0 Å². The van der Waals surface area contributed by atoms with Gasteiger partial charge in [-0.2, -0.15) is 0 Å². The van der Waals surface area contributed by atoms with Gasteiger partial charge in [0, 0.05) is 5.92 Å². The van der Waals surface area contributed by atoms with E-state index in [2.05, 4.69) is 19.1 Å². The van der Waals surface area contributed by atoms with E-state index in [9.17, 15) is 8.42 Å². The number of sulfone groups is 1. The molecule has 0 fully saturated rings. The first-order valence-electron chi connectivity index (χ1n) is 7.54. The second-order valence-electron chi connectivity index (χ2n) is 5.52. The predicted molar refractivity (Wildman–Crippen MR) is 92.3 cm³/mol. The molecule has 1 atom stereocenters. The number of benzene rings is 3. The smallest absolute Gasteiger partial charge is 0.206 e. The molecule has 0 saturated heterocycles. The fourth-order valence-electron chi connectivity index (χ4n) is 2.61. The fourth-order valence-corrected chi connectivity index (χ4v) is 3.89. The molecule has 0 aliphatic rings. The number of rotatable bonds is 4. The van der Waals surface area contributed by atoms with Gasteiger partial charge in [0.15, 0.2) is 0 Å². The summed E-state index contributed by atoms with van der Waals surface area (Å²) in [4.78, 5) is 0.650. The zero-order chi connectivity index (χ0) is 16.3. The third-order valence-corrected chi connectivity index (χ3v) is 5.83. The molecule has 0 aliphatic carbocycles. The minimum atomic E-state index is -3.45. The van der Waals surface area contributed by atoms with E-state index in [0.717, 1.165) is 5.56 Å². The van der Waals surface area contributed by atoms with Crippen molar-refractivity contribution in [2.75, 3.05) is 0 Å². The van der Waals surface area contributed by atoms with Crippen molar-refractivity contribution in [1.82, 2.24) is 0 Å². The van der Waals surface area contributed by atoms with Crippen LogP contribution < -0.4 is 0 Å². The van der Waals surface area contributed by atoms with Crippen LogP contribution in [0.1, 0.15) is 24.0 Å². The average Bonchev–Trinajstić information content (AvgIpc) is 2.63. The van der Waals surface area contributed by atoms with Gasteiger partial charge in [0.2, 0.25) is 9.84 Å². The highest BCUT2D eigenvalue weighted by molar-refractivity contribution is 7.91. The van der Waals surface area contributed by atoms with E-state index in [1.807, 2.05) is 36.4 Å². The summed E-state index contributed by atoms with van der Waals surface area (Å²) >= 11 is 0. The van der Waals surface area contributed by atoms with Crippen LogP contribution in [-0.2, 0) is 9.84 Å². The highest BCUT2D eigenvalue weighted by Crippen LogP contribution is 2.26. The zero-order valence-corrected chi connectivity index (χ0v) is 13.7. The maximum Gasteiger partial charge on any atom is 0.206 e. The van der Waals surface area contributed by atoms with Gasteiger partial charge in [-0.15, -0.1) is 0 Å². The van der Waals surface area contributed by atoms with Crippen LogP contribution in [0.3, 0.4) is 0 Å². The lowest BCUT2D eigenvalue weighted by atomic mass is 9.93. The highest BCUT2D eigenvalue weighted by Gasteiger charge is 2.17. The molecule has 0 aromatic heterocycles. The minimum absolute atomic E-state index is 0.227. The van der Waals surface area contributed by atoms with E-state index in [1.165, 1.54) is 5.56 Å². The van der Waals surface area contributed by atoms with E-state index in [4.69, 9.17) is 0 Å². The lowest BCUT2D eigenvalue weighted by Gasteiger charge is -2.13. The standard InChI is InChI=1S/C20H18O2S/c1-16(17-8-4-2-5-9-17)18-12-14-20(15-13-18)23(21,22)19-10-6-3-7-11-19/h2-16H,1H3/t16-/m1/s1. The molecule has 116 valence electrons. The molecule has 3 heteroatoms. The average molecular weight is 322 g/mol. The van der Waals surface area contributed by atoms with E-state index in [1.54, 1.807) is 36.4 Å². The van der Waals surface area contributed by atoms with Crippen molar-refractivity contribution in [2.24, 2.45) is 0 Å². The highest BCUT2D eigenvalue weighted by atomic mass is 32.2. The maximum absolute atomic E-state index is 12.6. The Morgan fingerprint density at radius 1 is 0.609 bits per heavy atom. The Balaban J connectivity index is 1.91. The molecule has 0 aliphatic heterocycles. The molecule has 0 bridgehead atoms. The molecule has 3 aromatic rings. The number of hydrogen-bond donors (Lipinski definition) is 0. The Bertz CT molecular complexity index is 868. The number of hydrogen-bond acceptors (Lipinski definition) is 2. The van der Waals surface area contributed by atoms with Crippen LogP contribution in [0, 0.1) is 0 Å². The van der Waals surface area contributed by atoms with E-state index >= 15 is 0 Å². The molecule has 0 saturated carbocycles. The first-order valence-corrected chi connectivity index (χ1v) is 9.02. The Kier molecular flexibility index (Phi) is 4.30. The van der Waals surface area contributed by atoms with Crippen molar-refractivity contribution in [2.45, 2.75) is 22.6 Å². The molecule has 3 rings (SSSR count). The van der Waals surface area contributed by atoms with Gasteiger partial charge in [0.1, 0.15) is 0 Å². The predicted octanol–water partition coefficient (Wildman–Crippen LogP) is 4.67. The van der Waals surface area contributed by atoms with Gasteiger partial charge in [-0.3, -0.25) is 0 Å². The fraction of sp³-hybridized carbons (Fsp3) is 0.100. The normalized spacial score (nSPS) is 12.7. The summed E-state index contributed by atoms with van der Waals surface area (Å²) in [5.74, 6) is 0.227. The summed E-state index contributed by atoms with van der Waals surface area (Å²) in [6.45, 7) is 2.12. The molecular formula is C20H18O2S. The third kappa shape index (κ3) is 3.20. The molecule has 0 unspecified atom stereocenters. The topological polar surface area (TPSA) is 34.1 Å². The lowest BCUT2D eigenvalue weighted by Crippen LogP contribution is -2.02. The SMILES string of the molecule is C[C@H](c1ccccc1)c1ccc(S(=O)(=O)c2ccccc2)cc1. The minimum Gasteiger partial charge on any atom is -0.219 e. The third-order valence-electron chi connectivity index (χ3n) is 4.04. The Morgan fingerprint density at radius 3 is 1.61 bits per heavy atom. The lowest BCUT2D eigenvalue weighted by molar-refractivity contribution is 0.596. The van der Waals surface area contributed by atoms with Crippen molar-refractivity contribution in [1.29, 1.82) is 0 Å². The maximum atomic E-state index is 12.6. The quantitative estimate of drug-likeness (QED) is 0.699. The summed E-state index contributed by atoms with van der Waals surface area (Å²) in [7, 11) is -3.45. The van der Waals surface area contributed by atoms with Gasteiger partial charge in [-0.25, -0.2) is 8.42 Å². The molecule has 0 amide bonds. The van der Waals surface area contributed by atoms with Crippen LogP contribution >= 0.6 is 0 Å². The molecule has 23 heavy (non-hydrogen) atoms.